The van der Waals surface area contributed by atoms with Gasteiger partial charge in [-0.05, 0) is 75.3 Å². The van der Waals surface area contributed by atoms with Crippen molar-refractivity contribution in [2.45, 2.75) is 89.9 Å². The predicted octanol–water partition coefficient (Wildman–Crippen LogP) is 4.04. The molecule has 2 saturated heterocycles. The lowest BCUT2D eigenvalue weighted by Gasteiger charge is -2.64. The maximum atomic E-state index is 12.8. The molecule has 6 rings (SSSR count). The predicted molar refractivity (Wildman–Crippen MR) is 129 cm³/mol. The summed E-state index contributed by atoms with van der Waals surface area (Å²) in [4.78, 5) is 12.8. The van der Waals surface area contributed by atoms with Gasteiger partial charge in [-0.25, -0.2) is 4.79 Å². The Morgan fingerprint density at radius 2 is 2.03 bits per heavy atom. The van der Waals surface area contributed by atoms with Crippen LogP contribution in [0.1, 0.15) is 64.0 Å². The molecule has 2 bridgehead atoms. The molecule has 33 heavy (non-hydrogen) atoms. The normalized spacial score (nSPS) is 35.3. The number of carbonyl (C=O) groups is 1. The first-order valence-electron chi connectivity index (χ1n) is 12.8. The molecule has 5 aliphatic rings. The fourth-order valence-electron chi connectivity index (χ4n) is 6.70. The molecule has 0 radical (unpaired) electrons. The zero-order valence-corrected chi connectivity index (χ0v) is 20.6. The van der Waals surface area contributed by atoms with Gasteiger partial charge >= 0.3 is 13.2 Å². The van der Waals surface area contributed by atoms with E-state index in [1.807, 2.05) is 0 Å². The summed E-state index contributed by atoms with van der Waals surface area (Å²) in [6, 6.07) is 8.69. The highest BCUT2D eigenvalue weighted by Crippen LogP contribution is 2.65. The standard InChI is InChI=1S/C26H39BN2O4/c1-17-8-10-18(11-9-17)13-23(29-24(30)31-16-20-7-5-6-12-28-20)27-32-22-15-19-14-21(25(19,2)3)26(22,4)33-27/h8-11,19-23,28H,5-7,12-16H2,1-4H3,(H,29,30)/t19-,20+,21-,22+,23-,26-/m0/s1. The fourth-order valence-corrected chi connectivity index (χ4v) is 6.70. The third-order valence-corrected chi connectivity index (χ3v) is 9.00. The number of ether oxygens (including phenoxy) is 1. The number of aryl methyl sites for hydroxylation is 1. The lowest BCUT2D eigenvalue weighted by Crippen LogP contribution is -2.65. The van der Waals surface area contributed by atoms with Crippen LogP contribution in [0, 0.1) is 24.2 Å². The van der Waals surface area contributed by atoms with Gasteiger partial charge in [0.25, 0.3) is 0 Å². The van der Waals surface area contributed by atoms with Gasteiger partial charge in [-0.15, -0.1) is 0 Å². The molecule has 7 heteroatoms. The maximum Gasteiger partial charge on any atom is 0.482 e. The molecule has 2 aliphatic heterocycles. The number of hydrogen-bond donors (Lipinski definition) is 2. The minimum Gasteiger partial charge on any atom is -0.448 e. The van der Waals surface area contributed by atoms with E-state index in [4.69, 9.17) is 14.0 Å². The molecule has 1 amide bonds. The fraction of sp³-hybridized carbons (Fsp3) is 0.731. The second-order valence-corrected chi connectivity index (χ2v) is 11.5. The molecule has 2 heterocycles. The molecular formula is C26H39BN2O4. The van der Waals surface area contributed by atoms with Crippen LogP contribution in [0.2, 0.25) is 0 Å². The number of benzene rings is 1. The van der Waals surface area contributed by atoms with Crippen molar-refractivity contribution < 1.29 is 18.8 Å². The van der Waals surface area contributed by atoms with E-state index in [1.165, 1.54) is 24.8 Å². The highest BCUT2D eigenvalue weighted by molar-refractivity contribution is 6.47. The van der Waals surface area contributed by atoms with Crippen LogP contribution in [0.5, 0.6) is 0 Å². The first-order valence-corrected chi connectivity index (χ1v) is 12.8. The quantitative estimate of drug-likeness (QED) is 0.635. The highest BCUT2D eigenvalue weighted by Gasteiger charge is 2.68. The molecule has 3 saturated carbocycles. The number of alkyl carbamates (subject to hydrolysis) is 1. The van der Waals surface area contributed by atoms with Crippen molar-refractivity contribution in [3.63, 3.8) is 0 Å². The van der Waals surface area contributed by atoms with Crippen LogP contribution >= 0.6 is 0 Å². The summed E-state index contributed by atoms with van der Waals surface area (Å²) in [5.41, 5.74) is 2.36. The number of carbonyl (C=O) groups excluding carboxylic acids is 1. The van der Waals surface area contributed by atoms with Crippen molar-refractivity contribution in [1.29, 1.82) is 0 Å². The van der Waals surface area contributed by atoms with E-state index < -0.39 is 13.2 Å². The number of hydrogen-bond acceptors (Lipinski definition) is 5. The van der Waals surface area contributed by atoms with Crippen LogP contribution < -0.4 is 10.6 Å². The van der Waals surface area contributed by atoms with Gasteiger partial charge in [0.15, 0.2) is 0 Å². The van der Waals surface area contributed by atoms with Crippen LogP contribution in [-0.4, -0.2) is 50.1 Å². The molecule has 1 aromatic rings. The molecule has 0 aromatic heterocycles. The average molecular weight is 454 g/mol. The maximum absolute atomic E-state index is 12.8. The van der Waals surface area contributed by atoms with E-state index in [1.54, 1.807) is 0 Å². The molecular weight excluding hydrogens is 415 g/mol. The van der Waals surface area contributed by atoms with E-state index in [0.29, 0.717) is 24.9 Å². The van der Waals surface area contributed by atoms with E-state index in [0.717, 1.165) is 24.9 Å². The minimum absolute atomic E-state index is 0.0871. The first-order chi connectivity index (χ1) is 15.8. The van der Waals surface area contributed by atoms with Crippen molar-refractivity contribution in [2.75, 3.05) is 13.2 Å². The van der Waals surface area contributed by atoms with E-state index in [-0.39, 0.29) is 29.1 Å². The molecule has 0 unspecified atom stereocenters. The second-order valence-electron chi connectivity index (χ2n) is 11.5. The van der Waals surface area contributed by atoms with Gasteiger partial charge in [-0.3, -0.25) is 0 Å². The Kier molecular flexibility index (Phi) is 6.25. The zero-order valence-electron chi connectivity index (χ0n) is 20.6. The van der Waals surface area contributed by atoms with Crippen molar-refractivity contribution in [2.24, 2.45) is 17.3 Å². The second kappa shape index (κ2) is 8.90. The Labute approximate surface area is 198 Å². The van der Waals surface area contributed by atoms with E-state index in [9.17, 15) is 4.79 Å². The van der Waals surface area contributed by atoms with Crippen molar-refractivity contribution in [1.82, 2.24) is 10.6 Å². The summed E-state index contributed by atoms with van der Waals surface area (Å²) in [5.74, 6) is 0.879. The summed E-state index contributed by atoms with van der Waals surface area (Å²) < 4.78 is 18.8. The summed E-state index contributed by atoms with van der Waals surface area (Å²) in [6.07, 6.45) is 6.00. The van der Waals surface area contributed by atoms with Crippen LogP contribution in [0.3, 0.4) is 0 Å². The van der Waals surface area contributed by atoms with Crippen molar-refractivity contribution in [3.8, 4) is 0 Å². The molecule has 6 nitrogen and oxygen atoms in total. The smallest absolute Gasteiger partial charge is 0.448 e. The highest BCUT2D eigenvalue weighted by atomic mass is 16.7. The SMILES string of the molecule is Cc1ccc(C[C@H](NC(=O)OC[C@H]2CCCCN2)B2O[C@@H]3C[C@@H]4C[C@@H](C4(C)C)[C@]3(C)O2)cc1. The monoisotopic (exact) mass is 454 g/mol. The first kappa shape index (κ1) is 23.2. The van der Waals surface area contributed by atoms with Gasteiger partial charge in [0.2, 0.25) is 0 Å². The number of amides is 1. The summed E-state index contributed by atoms with van der Waals surface area (Å²) in [5, 5.41) is 6.53. The molecule has 180 valence electrons. The molecule has 2 N–H and O–H groups in total. The van der Waals surface area contributed by atoms with Crippen LogP contribution in [0.4, 0.5) is 4.79 Å². The topological polar surface area (TPSA) is 68.8 Å². The zero-order chi connectivity index (χ0) is 23.2. The molecule has 3 aliphatic carbocycles. The Bertz CT molecular complexity index is 856. The Balaban J connectivity index is 1.28. The van der Waals surface area contributed by atoms with Crippen molar-refractivity contribution in [3.05, 3.63) is 35.4 Å². The van der Waals surface area contributed by atoms with Gasteiger partial charge < -0.3 is 24.7 Å². The summed E-state index contributed by atoms with van der Waals surface area (Å²) >= 11 is 0. The lowest BCUT2D eigenvalue weighted by molar-refractivity contribution is -0.199. The van der Waals surface area contributed by atoms with Gasteiger partial charge in [0.1, 0.15) is 6.61 Å². The Morgan fingerprint density at radius 3 is 2.73 bits per heavy atom. The third-order valence-electron chi connectivity index (χ3n) is 9.00. The van der Waals surface area contributed by atoms with Gasteiger partial charge in [0, 0.05) is 6.04 Å². The average Bonchev–Trinajstić information content (AvgIpc) is 3.16. The van der Waals surface area contributed by atoms with Crippen LogP contribution in [0.15, 0.2) is 24.3 Å². The van der Waals surface area contributed by atoms with E-state index >= 15 is 0 Å². The Hall–Kier alpha value is -1.57. The van der Waals surface area contributed by atoms with Gasteiger partial charge in [-0.1, -0.05) is 50.1 Å². The molecule has 6 atom stereocenters. The van der Waals surface area contributed by atoms with Crippen LogP contribution in [0.25, 0.3) is 0 Å². The third kappa shape index (κ3) is 4.44. The summed E-state index contributed by atoms with van der Waals surface area (Å²) in [7, 11) is -0.475. The number of rotatable bonds is 6. The van der Waals surface area contributed by atoms with E-state index in [2.05, 4.69) is 62.6 Å². The largest absolute Gasteiger partial charge is 0.482 e. The molecule has 1 aromatic carbocycles. The lowest BCUT2D eigenvalue weighted by atomic mass is 9.43. The van der Waals surface area contributed by atoms with Gasteiger partial charge in [0.05, 0.1) is 17.6 Å². The minimum atomic E-state index is -0.475. The molecule has 5 fully saturated rings. The van der Waals surface area contributed by atoms with Gasteiger partial charge in [-0.2, -0.15) is 0 Å². The number of piperidine rings is 1. The summed E-state index contributed by atoms with van der Waals surface area (Å²) in [6.45, 7) is 10.4. The van der Waals surface area contributed by atoms with Crippen molar-refractivity contribution >= 4 is 13.2 Å². The molecule has 0 spiro atoms. The number of nitrogens with one attached hydrogen (secondary N) is 2. The van der Waals surface area contributed by atoms with Crippen LogP contribution in [-0.2, 0) is 20.5 Å². The Morgan fingerprint density at radius 1 is 1.24 bits per heavy atom.